The molecule has 6 rings (SSSR count). The zero-order valence-corrected chi connectivity index (χ0v) is 19.1. The Bertz CT molecular complexity index is 1250. The second-order valence-corrected chi connectivity index (χ2v) is 9.65. The van der Waals surface area contributed by atoms with Crippen molar-refractivity contribution < 1.29 is 26.6 Å². The van der Waals surface area contributed by atoms with Gasteiger partial charge in [-0.15, -0.1) is 8.57 Å². The number of carbonyl (C=O) groups excluding carboxylic acids is 2. The van der Waals surface area contributed by atoms with Crippen LogP contribution in [0.2, 0.25) is 0 Å². The second-order valence-electron chi connectivity index (χ2n) is 8.54. The van der Waals surface area contributed by atoms with Gasteiger partial charge in [0.15, 0.2) is 0 Å². The van der Waals surface area contributed by atoms with E-state index in [4.69, 9.17) is 8.57 Å². The summed E-state index contributed by atoms with van der Waals surface area (Å²) in [7, 11) is -4.78. The summed E-state index contributed by atoms with van der Waals surface area (Å²) < 4.78 is 35.7. The zero-order chi connectivity index (χ0) is 24.2. The Morgan fingerprint density at radius 3 is 1.63 bits per heavy atom. The predicted molar refractivity (Wildman–Crippen MR) is 121 cm³/mol. The molecule has 0 saturated carbocycles. The van der Waals surface area contributed by atoms with Crippen LogP contribution in [0, 0.1) is 0 Å². The van der Waals surface area contributed by atoms with E-state index in [0.717, 1.165) is 32.4 Å². The standard InChI is InChI=1S/C22H20N6O6S/c29-21-25-11-17(15-3-1-5-23-9-15)7-19(13-25)27(21)33-35(31,32)34-28-20-8-18(12-26(14-20)22(28)30)16-4-2-6-24-10-16/h1-10,19-20H,11-14H2. The highest BCUT2D eigenvalue weighted by Gasteiger charge is 2.47. The predicted octanol–water partition coefficient (Wildman–Crippen LogP) is 1.29. The molecule has 35 heavy (non-hydrogen) atoms. The fourth-order valence-corrected chi connectivity index (χ4v) is 5.44. The first-order valence-corrected chi connectivity index (χ1v) is 12.2. The van der Waals surface area contributed by atoms with Crippen molar-refractivity contribution in [3.8, 4) is 0 Å². The maximum Gasteiger partial charge on any atom is 0.442 e. The molecule has 2 aromatic rings. The highest BCUT2D eigenvalue weighted by atomic mass is 32.3. The molecular formula is C22H20N6O6S. The summed E-state index contributed by atoms with van der Waals surface area (Å²) in [6.45, 7) is 1.14. The molecule has 2 atom stereocenters. The number of hydrogen-bond donors (Lipinski definition) is 0. The first-order valence-electron chi connectivity index (χ1n) is 10.9. The number of hydrogen-bond acceptors (Lipinski definition) is 8. The van der Waals surface area contributed by atoms with Crippen molar-refractivity contribution in [2.45, 2.75) is 12.1 Å². The number of fused-ring (bicyclic) bond motifs is 4. The van der Waals surface area contributed by atoms with E-state index in [0.29, 0.717) is 13.1 Å². The minimum Gasteiger partial charge on any atom is -0.316 e. The molecule has 0 radical (unpaired) electrons. The molecule has 2 fully saturated rings. The number of carbonyl (C=O) groups is 2. The van der Waals surface area contributed by atoms with Gasteiger partial charge in [0.2, 0.25) is 0 Å². The van der Waals surface area contributed by atoms with Crippen LogP contribution in [0.1, 0.15) is 11.1 Å². The van der Waals surface area contributed by atoms with E-state index in [1.54, 1.807) is 49.1 Å². The van der Waals surface area contributed by atoms with Crippen LogP contribution in [0.4, 0.5) is 9.59 Å². The van der Waals surface area contributed by atoms with Crippen molar-refractivity contribution in [3.05, 3.63) is 72.3 Å². The molecule has 0 spiro atoms. The number of amides is 4. The van der Waals surface area contributed by atoms with E-state index in [2.05, 4.69) is 9.97 Å². The van der Waals surface area contributed by atoms with Crippen LogP contribution in [0.5, 0.6) is 0 Å². The van der Waals surface area contributed by atoms with Crippen molar-refractivity contribution in [1.82, 2.24) is 29.9 Å². The normalized spacial score (nSPS) is 23.7. The molecule has 0 N–H and O–H groups in total. The van der Waals surface area contributed by atoms with Gasteiger partial charge in [0.25, 0.3) is 0 Å². The number of aromatic nitrogens is 2. The van der Waals surface area contributed by atoms with Gasteiger partial charge in [0.05, 0.1) is 12.1 Å². The third kappa shape index (κ3) is 3.92. The molecule has 4 aliphatic heterocycles. The quantitative estimate of drug-likeness (QED) is 0.586. The smallest absolute Gasteiger partial charge is 0.316 e. The van der Waals surface area contributed by atoms with Crippen LogP contribution >= 0.6 is 0 Å². The van der Waals surface area contributed by atoms with E-state index >= 15 is 0 Å². The fraction of sp³-hybridized carbons (Fsp3) is 0.273. The number of hydroxylamine groups is 4. The third-order valence-electron chi connectivity index (χ3n) is 6.25. The van der Waals surface area contributed by atoms with Crippen molar-refractivity contribution in [2.75, 3.05) is 26.2 Å². The van der Waals surface area contributed by atoms with Gasteiger partial charge in [-0.3, -0.25) is 9.97 Å². The summed E-state index contributed by atoms with van der Waals surface area (Å²) in [4.78, 5) is 36.7. The Balaban J connectivity index is 1.19. The van der Waals surface area contributed by atoms with Gasteiger partial charge in [-0.1, -0.05) is 24.3 Å². The van der Waals surface area contributed by atoms with Crippen molar-refractivity contribution in [2.24, 2.45) is 0 Å². The first kappa shape index (κ1) is 21.7. The van der Waals surface area contributed by atoms with Gasteiger partial charge < -0.3 is 9.80 Å². The van der Waals surface area contributed by atoms with Gasteiger partial charge in [0, 0.05) is 51.0 Å². The molecule has 2 saturated heterocycles. The lowest BCUT2D eigenvalue weighted by molar-refractivity contribution is -0.0723. The summed E-state index contributed by atoms with van der Waals surface area (Å²) in [5.74, 6) is 0. The van der Waals surface area contributed by atoms with Gasteiger partial charge >= 0.3 is 22.5 Å². The monoisotopic (exact) mass is 496 g/mol. The molecule has 12 nitrogen and oxygen atoms in total. The summed E-state index contributed by atoms with van der Waals surface area (Å²) in [5, 5.41) is 1.53. The van der Waals surface area contributed by atoms with E-state index in [-0.39, 0.29) is 13.1 Å². The molecule has 4 bridgehead atoms. The van der Waals surface area contributed by atoms with Crippen LogP contribution in [0.3, 0.4) is 0 Å². The molecule has 4 amide bonds. The summed E-state index contributed by atoms with van der Waals surface area (Å²) in [6.07, 6.45) is 10.2. The molecule has 2 aromatic heterocycles. The average molecular weight is 497 g/mol. The highest BCUT2D eigenvalue weighted by molar-refractivity contribution is 7.81. The molecule has 0 aromatic carbocycles. The maximum absolute atomic E-state index is 12.8. The number of urea groups is 2. The van der Waals surface area contributed by atoms with Gasteiger partial charge in [-0.2, -0.15) is 18.5 Å². The molecule has 180 valence electrons. The van der Waals surface area contributed by atoms with Crippen LogP contribution in [0.15, 0.2) is 61.2 Å². The lowest BCUT2D eigenvalue weighted by Crippen LogP contribution is -2.40. The Morgan fingerprint density at radius 1 is 0.771 bits per heavy atom. The SMILES string of the molecule is O=C1N2CC(c3cccnc3)=CC(C2)N1OS(=O)(=O)ON1C(=O)N2CC(c3cccnc3)=CC1C2. The number of rotatable bonds is 6. The Morgan fingerprint density at radius 2 is 1.23 bits per heavy atom. The van der Waals surface area contributed by atoms with Crippen LogP contribution in [0.25, 0.3) is 11.1 Å². The molecule has 13 heteroatoms. The summed E-state index contributed by atoms with van der Waals surface area (Å²) >= 11 is 0. The average Bonchev–Trinajstić information content (AvgIpc) is 3.22. The molecular weight excluding hydrogens is 476 g/mol. The highest BCUT2D eigenvalue weighted by Crippen LogP contribution is 2.32. The third-order valence-corrected chi connectivity index (χ3v) is 6.94. The molecule has 4 aliphatic rings. The minimum absolute atomic E-state index is 0.272. The van der Waals surface area contributed by atoms with Gasteiger partial charge in [-0.05, 0) is 34.4 Å². The van der Waals surface area contributed by atoms with Crippen molar-refractivity contribution in [3.63, 3.8) is 0 Å². The van der Waals surface area contributed by atoms with Gasteiger partial charge in [0.1, 0.15) is 0 Å². The Hall–Kier alpha value is -3.81. The molecule has 2 unspecified atom stereocenters. The van der Waals surface area contributed by atoms with Crippen LogP contribution in [-0.2, 0) is 19.0 Å². The number of pyridine rings is 2. The summed E-state index contributed by atoms with van der Waals surface area (Å²) in [6, 6.07) is 4.80. The van der Waals surface area contributed by atoms with Gasteiger partial charge in [-0.25, -0.2) is 9.59 Å². The first-order chi connectivity index (χ1) is 16.9. The van der Waals surface area contributed by atoms with Crippen molar-refractivity contribution in [1.29, 1.82) is 0 Å². The largest absolute Gasteiger partial charge is 0.442 e. The lowest BCUT2D eigenvalue weighted by Gasteiger charge is -2.23. The fourth-order valence-electron chi connectivity index (χ4n) is 4.67. The summed E-state index contributed by atoms with van der Waals surface area (Å²) in [5.41, 5.74) is 3.32. The Labute approximate surface area is 200 Å². The topological polar surface area (TPSA) is 125 Å². The van der Waals surface area contributed by atoms with Crippen LogP contribution < -0.4 is 0 Å². The zero-order valence-electron chi connectivity index (χ0n) is 18.3. The van der Waals surface area contributed by atoms with E-state index in [1.807, 2.05) is 12.1 Å². The maximum atomic E-state index is 12.8. The minimum atomic E-state index is -4.78. The lowest BCUT2D eigenvalue weighted by atomic mass is 10.0. The molecule has 0 aliphatic carbocycles. The van der Waals surface area contributed by atoms with Crippen LogP contribution in [-0.4, -0.2) is 88.6 Å². The van der Waals surface area contributed by atoms with Crippen molar-refractivity contribution >= 4 is 33.6 Å². The van der Waals surface area contributed by atoms with E-state index in [1.165, 1.54) is 9.80 Å². The number of nitrogens with zero attached hydrogens (tertiary/aromatic N) is 6. The molecule has 6 heterocycles. The Kier molecular flexibility index (Phi) is 5.05. The van der Waals surface area contributed by atoms with E-state index in [9.17, 15) is 18.0 Å². The van der Waals surface area contributed by atoms with E-state index < -0.39 is 34.5 Å². The second kappa shape index (κ2) is 8.15.